The molecule has 6 nitrogen and oxygen atoms in total. The molecule has 0 unspecified atom stereocenters. The molecule has 2 aliphatic rings. The quantitative estimate of drug-likeness (QED) is 0.605. The van der Waals surface area contributed by atoms with Gasteiger partial charge in [0, 0.05) is 25.2 Å². The number of urea groups is 1. The minimum atomic E-state index is -0.265. The maximum atomic E-state index is 14.4. The molecule has 0 spiro atoms. The summed E-state index contributed by atoms with van der Waals surface area (Å²) in [5, 5.41) is 0. The fraction of sp³-hybridized carbons (Fsp3) is 0.480. The average Bonchev–Trinajstić information content (AvgIpc) is 3.03. The van der Waals surface area contributed by atoms with Gasteiger partial charge in [-0.05, 0) is 49.5 Å². The third-order valence-corrected chi connectivity index (χ3v) is 6.04. The van der Waals surface area contributed by atoms with Crippen LogP contribution in [0.5, 0.6) is 0 Å². The Morgan fingerprint density at radius 2 is 1.69 bits per heavy atom. The molecule has 3 amide bonds. The van der Waals surface area contributed by atoms with Crippen molar-refractivity contribution in [3.05, 3.63) is 53.5 Å². The van der Waals surface area contributed by atoms with Crippen molar-refractivity contribution in [2.24, 2.45) is 5.92 Å². The van der Waals surface area contributed by atoms with Crippen LogP contribution in [0.3, 0.4) is 0 Å². The molecule has 2 saturated heterocycles. The highest BCUT2D eigenvalue weighted by molar-refractivity contribution is 6.01. The van der Waals surface area contributed by atoms with E-state index >= 15 is 0 Å². The van der Waals surface area contributed by atoms with E-state index < -0.39 is 0 Å². The van der Waals surface area contributed by atoms with Gasteiger partial charge in [0.05, 0.1) is 11.4 Å². The smallest absolute Gasteiger partial charge is 0.311 e. The van der Waals surface area contributed by atoms with E-state index in [0.29, 0.717) is 25.3 Å². The first-order chi connectivity index (χ1) is 15.4. The Morgan fingerprint density at radius 3 is 2.38 bits per heavy atom. The number of benzene rings is 1. The number of piperidine rings is 1. The molecule has 2 aliphatic heterocycles. The number of hydrogen-bond donors (Lipinski definition) is 0. The number of halogens is 1. The molecule has 0 atom stereocenters. The van der Waals surface area contributed by atoms with E-state index in [0.717, 1.165) is 42.8 Å². The molecule has 2 aromatic rings. The van der Waals surface area contributed by atoms with Crippen molar-refractivity contribution in [1.82, 2.24) is 19.7 Å². The first-order valence-electron chi connectivity index (χ1n) is 11.5. The van der Waals surface area contributed by atoms with Gasteiger partial charge in [-0.15, -0.1) is 0 Å². The lowest BCUT2D eigenvalue weighted by molar-refractivity contribution is -0.125. The zero-order valence-corrected chi connectivity index (χ0v) is 18.9. The summed E-state index contributed by atoms with van der Waals surface area (Å²) in [5.74, 6) is -0.165. The third kappa shape index (κ3) is 5.15. The topological polar surface area (TPSA) is 56.8 Å². The maximum absolute atomic E-state index is 14.4. The van der Waals surface area contributed by atoms with Gasteiger partial charge in [0.15, 0.2) is 0 Å². The Morgan fingerprint density at radius 1 is 0.969 bits per heavy atom. The fourth-order valence-electron chi connectivity index (χ4n) is 4.35. The Hall–Kier alpha value is -2.80. The summed E-state index contributed by atoms with van der Waals surface area (Å²) < 4.78 is 14.4. The fourth-order valence-corrected chi connectivity index (χ4v) is 4.35. The summed E-state index contributed by atoms with van der Waals surface area (Å²) in [6, 6.07) is 10.7. The molecule has 1 aromatic heterocycles. The molecule has 7 heteroatoms. The highest BCUT2D eigenvalue weighted by Gasteiger charge is 2.35. The second-order valence-corrected chi connectivity index (χ2v) is 9.20. The van der Waals surface area contributed by atoms with Crippen molar-refractivity contribution < 1.29 is 14.0 Å². The summed E-state index contributed by atoms with van der Waals surface area (Å²) in [4.78, 5) is 34.5. The van der Waals surface area contributed by atoms with Crippen LogP contribution in [0.25, 0.3) is 11.3 Å². The molecule has 170 valence electrons. The lowest BCUT2D eigenvalue weighted by Crippen LogP contribution is -2.35. The van der Waals surface area contributed by atoms with E-state index in [9.17, 15) is 14.0 Å². The molecular formula is C25H31FN4O2. The summed E-state index contributed by atoms with van der Waals surface area (Å²) in [5.41, 5.74) is 3.07. The van der Waals surface area contributed by atoms with Crippen LogP contribution in [0.1, 0.15) is 44.4 Å². The summed E-state index contributed by atoms with van der Waals surface area (Å²) >= 11 is 0. The van der Waals surface area contributed by atoms with Gasteiger partial charge < -0.3 is 4.90 Å². The largest absolute Gasteiger partial charge is 0.327 e. The minimum absolute atomic E-state index is 0.118. The normalized spacial score (nSPS) is 17.6. The van der Waals surface area contributed by atoms with E-state index in [1.54, 1.807) is 11.0 Å². The van der Waals surface area contributed by atoms with Crippen molar-refractivity contribution >= 4 is 11.9 Å². The van der Waals surface area contributed by atoms with Gasteiger partial charge in [0.2, 0.25) is 5.91 Å². The number of pyridine rings is 1. The molecule has 0 N–H and O–H groups in total. The van der Waals surface area contributed by atoms with Gasteiger partial charge in [0.1, 0.15) is 12.4 Å². The standard InChI is InChI=1S/C25H31FN4O2/c1-18(2)14-30-24(31)17-29(25(30)32)15-19-6-8-20(9-7-19)22-11-10-21(26)23(27-22)16-28-12-4-3-5-13-28/h6-11,18H,3-5,12-17H2,1-2H3. The average molecular weight is 439 g/mol. The monoisotopic (exact) mass is 438 g/mol. The van der Waals surface area contributed by atoms with Crippen LogP contribution in [0.4, 0.5) is 9.18 Å². The zero-order valence-electron chi connectivity index (χ0n) is 18.9. The van der Waals surface area contributed by atoms with Crippen molar-refractivity contribution in [2.75, 3.05) is 26.2 Å². The molecule has 0 saturated carbocycles. The van der Waals surface area contributed by atoms with Crippen molar-refractivity contribution in [1.29, 1.82) is 0 Å². The molecule has 4 rings (SSSR count). The van der Waals surface area contributed by atoms with E-state index in [1.165, 1.54) is 17.4 Å². The lowest BCUT2D eigenvalue weighted by Gasteiger charge is -2.26. The van der Waals surface area contributed by atoms with Gasteiger partial charge in [0.25, 0.3) is 0 Å². The number of imide groups is 1. The van der Waals surface area contributed by atoms with Crippen LogP contribution < -0.4 is 0 Å². The van der Waals surface area contributed by atoms with Crippen LogP contribution in [-0.4, -0.2) is 57.8 Å². The number of hydrogen-bond acceptors (Lipinski definition) is 4. The summed E-state index contributed by atoms with van der Waals surface area (Å²) in [6.45, 7) is 7.45. The number of carbonyl (C=O) groups excluding carboxylic acids is 2. The molecule has 0 radical (unpaired) electrons. The van der Waals surface area contributed by atoms with E-state index in [2.05, 4.69) is 9.88 Å². The SMILES string of the molecule is CC(C)CN1C(=O)CN(Cc2ccc(-c3ccc(F)c(CN4CCCCC4)n3)cc2)C1=O. The van der Waals surface area contributed by atoms with Gasteiger partial charge in [-0.1, -0.05) is 44.5 Å². The van der Waals surface area contributed by atoms with E-state index in [-0.39, 0.29) is 30.2 Å². The number of likely N-dealkylation sites (tertiary alicyclic amines) is 1. The maximum Gasteiger partial charge on any atom is 0.327 e. The Balaban J connectivity index is 1.43. The van der Waals surface area contributed by atoms with Crippen molar-refractivity contribution in [3.63, 3.8) is 0 Å². The first-order valence-corrected chi connectivity index (χ1v) is 11.5. The van der Waals surface area contributed by atoms with E-state index in [4.69, 9.17) is 0 Å². The molecule has 32 heavy (non-hydrogen) atoms. The molecule has 3 heterocycles. The Kier molecular flexibility index (Phi) is 6.84. The highest BCUT2D eigenvalue weighted by Crippen LogP contribution is 2.23. The molecule has 0 aliphatic carbocycles. The van der Waals surface area contributed by atoms with Gasteiger partial charge in [-0.2, -0.15) is 0 Å². The second kappa shape index (κ2) is 9.77. The minimum Gasteiger partial charge on any atom is -0.311 e. The van der Waals surface area contributed by atoms with Crippen LogP contribution >= 0.6 is 0 Å². The second-order valence-electron chi connectivity index (χ2n) is 9.20. The van der Waals surface area contributed by atoms with Gasteiger partial charge >= 0.3 is 6.03 Å². The first kappa shape index (κ1) is 22.4. The Labute approximate surface area is 189 Å². The van der Waals surface area contributed by atoms with Crippen LogP contribution in [0.15, 0.2) is 36.4 Å². The molecule has 0 bridgehead atoms. The summed E-state index contributed by atoms with van der Waals surface area (Å²) in [6.07, 6.45) is 3.55. The van der Waals surface area contributed by atoms with Crippen LogP contribution in [0, 0.1) is 11.7 Å². The third-order valence-electron chi connectivity index (χ3n) is 6.04. The number of rotatable bonds is 7. The Bertz CT molecular complexity index is 970. The zero-order chi connectivity index (χ0) is 22.7. The van der Waals surface area contributed by atoms with Crippen LogP contribution in [0.2, 0.25) is 0 Å². The number of nitrogens with zero attached hydrogens (tertiary/aromatic N) is 4. The molecule has 2 fully saturated rings. The predicted octanol–water partition coefficient (Wildman–Crippen LogP) is 4.29. The highest BCUT2D eigenvalue weighted by atomic mass is 19.1. The molecular weight excluding hydrogens is 407 g/mol. The van der Waals surface area contributed by atoms with Gasteiger partial charge in [-0.25, -0.2) is 14.2 Å². The summed E-state index contributed by atoms with van der Waals surface area (Å²) in [7, 11) is 0. The lowest BCUT2D eigenvalue weighted by atomic mass is 10.1. The van der Waals surface area contributed by atoms with Crippen molar-refractivity contribution in [2.45, 2.75) is 46.2 Å². The van der Waals surface area contributed by atoms with Crippen molar-refractivity contribution in [3.8, 4) is 11.3 Å². The predicted molar refractivity (Wildman–Crippen MR) is 121 cm³/mol. The van der Waals surface area contributed by atoms with Crippen LogP contribution in [-0.2, 0) is 17.9 Å². The van der Waals surface area contributed by atoms with Gasteiger partial charge in [-0.3, -0.25) is 14.6 Å². The molecule has 1 aromatic carbocycles. The number of carbonyl (C=O) groups is 2. The number of amides is 3. The number of aromatic nitrogens is 1. The van der Waals surface area contributed by atoms with E-state index in [1.807, 2.05) is 38.1 Å².